The van der Waals surface area contributed by atoms with E-state index in [9.17, 15) is 36.4 Å². The number of alkyl halides is 2. The van der Waals surface area contributed by atoms with Crippen LogP contribution in [0.3, 0.4) is 0 Å². The van der Waals surface area contributed by atoms with Crippen molar-refractivity contribution in [3.05, 3.63) is 18.2 Å². The van der Waals surface area contributed by atoms with Crippen LogP contribution in [-0.2, 0) is 29.2 Å². The van der Waals surface area contributed by atoms with Crippen LogP contribution >= 0.6 is 0 Å². The van der Waals surface area contributed by atoms with E-state index < -0.39 is 63.5 Å². The van der Waals surface area contributed by atoms with Crippen molar-refractivity contribution in [2.45, 2.75) is 36.8 Å². The first-order chi connectivity index (χ1) is 16.4. The van der Waals surface area contributed by atoms with Crippen molar-refractivity contribution in [1.29, 1.82) is 0 Å². The summed E-state index contributed by atoms with van der Waals surface area (Å²) in [7, 11) is -3.34. The lowest BCUT2D eigenvalue weighted by Gasteiger charge is -2.33. The molecule has 0 spiro atoms. The number of carbonyl (C=O) groups is 4. The maximum Gasteiger partial charge on any atom is 0.387 e. The first-order valence-corrected chi connectivity index (χ1v) is 12.1. The molecule has 3 rings (SSSR count). The van der Waals surface area contributed by atoms with E-state index in [-0.39, 0.29) is 31.7 Å². The molecule has 1 atom stereocenters. The second kappa shape index (κ2) is 10.5. The Bertz CT molecular complexity index is 1130. The summed E-state index contributed by atoms with van der Waals surface area (Å²) < 4.78 is 59.2. The van der Waals surface area contributed by atoms with Gasteiger partial charge in [-0.15, -0.1) is 0 Å². The number of anilines is 1. The Kier molecular flexibility index (Phi) is 7.90. The van der Waals surface area contributed by atoms with Gasteiger partial charge in [-0.1, -0.05) is 6.07 Å². The summed E-state index contributed by atoms with van der Waals surface area (Å²) in [5, 5.41) is 0. The number of rotatable bonds is 8. The molecule has 2 saturated heterocycles. The maximum atomic E-state index is 13.3. The molecule has 0 aliphatic carbocycles. The summed E-state index contributed by atoms with van der Waals surface area (Å²) in [4.78, 5) is 51.8. The van der Waals surface area contributed by atoms with Gasteiger partial charge in [0.15, 0.2) is 11.8 Å². The second-order valence-corrected chi connectivity index (χ2v) is 9.70. The lowest BCUT2D eigenvalue weighted by atomic mass is 10.1. The summed E-state index contributed by atoms with van der Waals surface area (Å²) in [6, 6.07) is 1.28. The zero-order valence-electron chi connectivity index (χ0n) is 18.8. The number of halogens is 2. The fourth-order valence-electron chi connectivity index (χ4n) is 3.77. The average Bonchev–Trinajstić information content (AvgIpc) is 2.79. The van der Waals surface area contributed by atoms with Crippen molar-refractivity contribution in [2.75, 3.05) is 38.1 Å². The molecule has 15 heteroatoms. The Morgan fingerprint density at radius 1 is 1.11 bits per heavy atom. The highest BCUT2D eigenvalue weighted by atomic mass is 32.2. The van der Waals surface area contributed by atoms with E-state index in [0.29, 0.717) is 12.8 Å². The first kappa shape index (κ1) is 26.3. The van der Waals surface area contributed by atoms with Crippen LogP contribution in [0.15, 0.2) is 23.1 Å². The summed E-state index contributed by atoms with van der Waals surface area (Å²) in [6.45, 7) is -3.49. The van der Waals surface area contributed by atoms with Gasteiger partial charge >= 0.3 is 6.61 Å². The van der Waals surface area contributed by atoms with Crippen LogP contribution in [0.4, 0.5) is 14.5 Å². The standard InChI is InChI=1S/C20H25F2N5O7S/c1-25-9-10-26(11-15(25)29)19(31)16(18(23)30)24-35(32,33)13-6-4-5-12(17(13)34-20(21)22)27-8-3-2-7-14(27)28/h4-6,16,20,24H,2-3,7-11H2,1H3,(H2,23,30)/t16-/m0/s1. The minimum Gasteiger partial charge on any atom is -0.431 e. The van der Waals surface area contributed by atoms with Crippen molar-refractivity contribution in [1.82, 2.24) is 14.5 Å². The van der Waals surface area contributed by atoms with E-state index >= 15 is 0 Å². The maximum absolute atomic E-state index is 13.3. The van der Waals surface area contributed by atoms with Gasteiger partial charge in [0.2, 0.25) is 27.7 Å². The third-order valence-corrected chi connectivity index (χ3v) is 7.09. The number of sulfonamides is 1. The molecular formula is C20H25F2N5O7S. The minimum atomic E-state index is -4.86. The predicted molar refractivity (Wildman–Crippen MR) is 117 cm³/mol. The lowest BCUT2D eigenvalue weighted by molar-refractivity contribution is -0.147. The molecule has 2 aliphatic heterocycles. The van der Waals surface area contributed by atoms with Gasteiger partial charge in [0, 0.05) is 33.1 Å². The number of piperazine rings is 1. The number of piperidine rings is 1. The fourth-order valence-corrected chi connectivity index (χ4v) is 5.08. The highest BCUT2D eigenvalue weighted by Gasteiger charge is 2.38. The summed E-state index contributed by atoms with van der Waals surface area (Å²) in [5.41, 5.74) is 5.07. The van der Waals surface area contributed by atoms with Crippen LogP contribution in [0.25, 0.3) is 0 Å². The largest absolute Gasteiger partial charge is 0.431 e. The quantitative estimate of drug-likeness (QED) is 0.429. The fraction of sp³-hybridized carbons (Fsp3) is 0.500. The molecule has 3 N–H and O–H groups in total. The molecule has 1 aromatic rings. The summed E-state index contributed by atoms with van der Waals surface area (Å²) in [5.74, 6) is -4.06. The third kappa shape index (κ3) is 5.85. The summed E-state index contributed by atoms with van der Waals surface area (Å²) in [6.07, 6.45) is 1.31. The molecule has 35 heavy (non-hydrogen) atoms. The van der Waals surface area contributed by atoms with Gasteiger partial charge in [0.1, 0.15) is 4.90 Å². The number of ether oxygens (including phenoxy) is 1. The molecule has 1 aromatic carbocycles. The van der Waals surface area contributed by atoms with Gasteiger partial charge in [-0.3, -0.25) is 19.2 Å². The van der Waals surface area contributed by atoms with Crippen molar-refractivity contribution in [3.63, 3.8) is 0 Å². The van der Waals surface area contributed by atoms with E-state index in [1.54, 1.807) is 0 Å². The normalized spacial score (nSPS) is 18.1. The Labute approximate surface area is 200 Å². The molecule has 2 aliphatic rings. The van der Waals surface area contributed by atoms with Crippen LogP contribution < -0.4 is 20.1 Å². The SMILES string of the molecule is CN1CCN(C(=O)[C@@H](NS(=O)(=O)c2cccc(N3CCCCC3=O)c2OC(F)F)C(N)=O)CC1=O. The number of benzene rings is 1. The number of nitrogens with two attached hydrogens (primary N) is 1. The molecule has 2 heterocycles. The van der Waals surface area contributed by atoms with Gasteiger partial charge in [0.05, 0.1) is 12.2 Å². The Balaban J connectivity index is 1.97. The number of nitrogens with one attached hydrogen (secondary N) is 1. The molecule has 0 saturated carbocycles. The zero-order valence-corrected chi connectivity index (χ0v) is 19.6. The van der Waals surface area contributed by atoms with E-state index in [1.807, 2.05) is 4.72 Å². The zero-order chi connectivity index (χ0) is 25.9. The van der Waals surface area contributed by atoms with E-state index in [4.69, 9.17) is 5.73 Å². The molecule has 0 radical (unpaired) electrons. The monoisotopic (exact) mass is 517 g/mol. The third-order valence-electron chi connectivity index (χ3n) is 5.64. The average molecular weight is 518 g/mol. The van der Waals surface area contributed by atoms with Gasteiger partial charge in [-0.25, -0.2) is 8.42 Å². The van der Waals surface area contributed by atoms with E-state index in [0.717, 1.165) is 15.9 Å². The number of para-hydroxylation sites is 1. The first-order valence-electron chi connectivity index (χ1n) is 10.6. The number of hydrogen-bond acceptors (Lipinski definition) is 7. The number of carbonyl (C=O) groups excluding carboxylic acids is 4. The molecule has 192 valence electrons. The van der Waals surface area contributed by atoms with Crippen LogP contribution in [0, 0.1) is 0 Å². The smallest absolute Gasteiger partial charge is 0.387 e. The van der Waals surface area contributed by atoms with Gasteiger partial charge in [-0.05, 0) is 25.0 Å². The van der Waals surface area contributed by atoms with Crippen LogP contribution in [0.2, 0.25) is 0 Å². The van der Waals surface area contributed by atoms with Crippen LogP contribution in [0.1, 0.15) is 19.3 Å². The number of likely N-dealkylation sites (N-methyl/N-ethyl adjacent to an activating group) is 1. The van der Waals surface area contributed by atoms with Crippen molar-refractivity contribution in [2.24, 2.45) is 5.73 Å². The number of amides is 4. The van der Waals surface area contributed by atoms with Crippen LogP contribution in [-0.4, -0.2) is 87.7 Å². The van der Waals surface area contributed by atoms with Gasteiger partial charge in [-0.2, -0.15) is 13.5 Å². The molecule has 0 bridgehead atoms. The van der Waals surface area contributed by atoms with Crippen molar-refractivity contribution < 1.29 is 41.1 Å². The highest BCUT2D eigenvalue weighted by Crippen LogP contribution is 2.38. The van der Waals surface area contributed by atoms with Crippen molar-refractivity contribution >= 4 is 39.3 Å². The molecule has 12 nitrogen and oxygen atoms in total. The highest BCUT2D eigenvalue weighted by molar-refractivity contribution is 7.89. The summed E-state index contributed by atoms with van der Waals surface area (Å²) >= 11 is 0. The van der Waals surface area contributed by atoms with Crippen LogP contribution in [0.5, 0.6) is 5.75 Å². The Morgan fingerprint density at radius 2 is 1.83 bits per heavy atom. The van der Waals surface area contributed by atoms with E-state index in [2.05, 4.69) is 4.74 Å². The van der Waals surface area contributed by atoms with Crippen molar-refractivity contribution in [3.8, 4) is 5.75 Å². The number of nitrogens with zero attached hydrogens (tertiary/aromatic N) is 3. The molecule has 0 unspecified atom stereocenters. The number of hydrogen-bond donors (Lipinski definition) is 2. The Hall–Kier alpha value is -3.33. The lowest BCUT2D eigenvalue weighted by Crippen LogP contribution is -2.59. The van der Waals surface area contributed by atoms with Gasteiger partial charge in [0.25, 0.3) is 5.91 Å². The molecular weight excluding hydrogens is 492 g/mol. The minimum absolute atomic E-state index is 0.0267. The molecule has 0 aromatic heterocycles. The topological polar surface area (TPSA) is 159 Å². The van der Waals surface area contributed by atoms with Gasteiger partial charge < -0.3 is 25.2 Å². The molecule has 2 fully saturated rings. The Morgan fingerprint density at radius 3 is 2.43 bits per heavy atom. The molecule has 4 amide bonds. The number of primary amides is 1. The second-order valence-electron chi connectivity index (χ2n) is 8.02. The predicted octanol–water partition coefficient (Wildman–Crippen LogP) is -0.762. The van der Waals surface area contributed by atoms with E-state index in [1.165, 1.54) is 24.1 Å².